The third-order valence-corrected chi connectivity index (χ3v) is 4.84. The first-order chi connectivity index (χ1) is 14.1. The number of halogens is 4. The first-order valence-electron chi connectivity index (χ1n) is 8.94. The molecule has 1 atom stereocenters. The molecule has 30 heavy (non-hydrogen) atoms. The standard InChI is InChI=1S/C20H17F4N3O3/c1-2-19(12-3-7-14(21)8-4-12)17(29)27(18(30)26-19)11-16(28)25-15-9-5-13(6-10-15)20(22,23)24/h3-10H,2,11H2,1H3,(H,25,28)(H,26,30). The van der Waals surface area contributed by atoms with Crippen LogP contribution in [0.1, 0.15) is 24.5 Å². The molecule has 4 amide bonds. The molecule has 1 aliphatic heterocycles. The molecule has 0 saturated carbocycles. The van der Waals surface area contributed by atoms with E-state index in [-0.39, 0.29) is 12.1 Å². The Morgan fingerprint density at radius 2 is 1.67 bits per heavy atom. The summed E-state index contributed by atoms with van der Waals surface area (Å²) in [4.78, 5) is 38.3. The molecule has 1 heterocycles. The normalized spacial score (nSPS) is 19.0. The van der Waals surface area contributed by atoms with E-state index in [1.165, 1.54) is 12.1 Å². The minimum Gasteiger partial charge on any atom is -0.325 e. The maximum Gasteiger partial charge on any atom is 0.416 e. The lowest BCUT2D eigenvalue weighted by Gasteiger charge is -2.25. The van der Waals surface area contributed by atoms with Crippen molar-refractivity contribution in [2.75, 3.05) is 11.9 Å². The average molecular weight is 423 g/mol. The Labute approximate surface area is 168 Å². The number of carbonyl (C=O) groups excluding carboxylic acids is 3. The highest BCUT2D eigenvalue weighted by Crippen LogP contribution is 2.33. The van der Waals surface area contributed by atoms with E-state index in [1.807, 2.05) is 0 Å². The van der Waals surface area contributed by atoms with Crippen LogP contribution in [0, 0.1) is 5.82 Å². The number of imide groups is 1. The first-order valence-corrected chi connectivity index (χ1v) is 8.94. The van der Waals surface area contributed by atoms with Gasteiger partial charge < -0.3 is 10.6 Å². The number of carbonyl (C=O) groups is 3. The highest BCUT2D eigenvalue weighted by Gasteiger charge is 2.51. The van der Waals surface area contributed by atoms with Crippen LogP contribution >= 0.6 is 0 Å². The molecule has 1 saturated heterocycles. The van der Waals surface area contributed by atoms with Gasteiger partial charge in [-0.05, 0) is 48.4 Å². The maximum absolute atomic E-state index is 13.2. The second-order valence-electron chi connectivity index (χ2n) is 6.71. The van der Waals surface area contributed by atoms with Gasteiger partial charge >= 0.3 is 12.2 Å². The molecule has 3 rings (SSSR count). The molecule has 0 aliphatic carbocycles. The number of hydrogen-bond donors (Lipinski definition) is 2. The van der Waals surface area contributed by atoms with Crippen molar-refractivity contribution in [3.63, 3.8) is 0 Å². The first kappa shape index (κ1) is 21.3. The van der Waals surface area contributed by atoms with Crippen molar-refractivity contribution >= 4 is 23.5 Å². The zero-order valence-electron chi connectivity index (χ0n) is 15.7. The van der Waals surface area contributed by atoms with E-state index in [4.69, 9.17) is 0 Å². The number of urea groups is 1. The average Bonchev–Trinajstić information content (AvgIpc) is 2.93. The van der Waals surface area contributed by atoms with Gasteiger partial charge in [-0.1, -0.05) is 19.1 Å². The summed E-state index contributed by atoms with van der Waals surface area (Å²) in [6.45, 7) is 1.03. The molecular weight excluding hydrogens is 406 g/mol. The number of anilines is 1. The third-order valence-electron chi connectivity index (χ3n) is 4.84. The Bertz CT molecular complexity index is 974. The summed E-state index contributed by atoms with van der Waals surface area (Å²) in [6.07, 6.45) is -4.34. The monoisotopic (exact) mass is 423 g/mol. The van der Waals surface area contributed by atoms with Crippen LogP contribution in [-0.2, 0) is 21.3 Å². The Morgan fingerprint density at radius 1 is 1.07 bits per heavy atom. The van der Waals surface area contributed by atoms with Crippen LogP contribution in [0.5, 0.6) is 0 Å². The fraction of sp³-hybridized carbons (Fsp3) is 0.250. The molecule has 1 unspecified atom stereocenters. The summed E-state index contributed by atoms with van der Waals surface area (Å²) in [5, 5.41) is 4.91. The van der Waals surface area contributed by atoms with Crippen LogP contribution in [0.25, 0.3) is 0 Å². The summed E-state index contributed by atoms with van der Waals surface area (Å²) in [5.74, 6) is -1.94. The number of benzene rings is 2. The number of alkyl halides is 3. The van der Waals surface area contributed by atoms with Crippen molar-refractivity contribution in [2.24, 2.45) is 0 Å². The Morgan fingerprint density at radius 3 is 2.20 bits per heavy atom. The van der Waals surface area contributed by atoms with Crippen molar-refractivity contribution in [3.8, 4) is 0 Å². The molecule has 1 aliphatic rings. The predicted molar refractivity (Wildman–Crippen MR) is 98.7 cm³/mol. The molecule has 1 fully saturated rings. The SMILES string of the molecule is CCC1(c2ccc(F)cc2)NC(=O)N(CC(=O)Nc2ccc(C(F)(F)F)cc2)C1=O. The van der Waals surface area contributed by atoms with E-state index in [1.54, 1.807) is 6.92 Å². The van der Waals surface area contributed by atoms with Crippen LogP contribution < -0.4 is 10.6 Å². The van der Waals surface area contributed by atoms with Crippen LogP contribution in [0.4, 0.5) is 28.0 Å². The van der Waals surface area contributed by atoms with E-state index in [9.17, 15) is 31.9 Å². The Balaban J connectivity index is 1.73. The van der Waals surface area contributed by atoms with Gasteiger partial charge in [-0.15, -0.1) is 0 Å². The lowest BCUT2D eigenvalue weighted by atomic mass is 9.87. The lowest BCUT2D eigenvalue weighted by molar-refractivity contribution is -0.137. The van der Waals surface area contributed by atoms with Gasteiger partial charge in [0.1, 0.15) is 17.9 Å². The topological polar surface area (TPSA) is 78.5 Å². The van der Waals surface area contributed by atoms with Crippen molar-refractivity contribution in [1.82, 2.24) is 10.2 Å². The maximum atomic E-state index is 13.2. The van der Waals surface area contributed by atoms with Gasteiger partial charge in [0.05, 0.1) is 5.56 Å². The van der Waals surface area contributed by atoms with E-state index in [0.717, 1.165) is 36.4 Å². The molecule has 158 valence electrons. The molecule has 0 aromatic heterocycles. The molecule has 0 radical (unpaired) electrons. The smallest absolute Gasteiger partial charge is 0.325 e. The molecular formula is C20H17F4N3O3. The fourth-order valence-corrected chi connectivity index (χ4v) is 3.23. The molecule has 2 aromatic carbocycles. The van der Waals surface area contributed by atoms with E-state index in [2.05, 4.69) is 10.6 Å². The highest BCUT2D eigenvalue weighted by molar-refractivity contribution is 6.10. The van der Waals surface area contributed by atoms with Gasteiger partial charge in [0, 0.05) is 5.69 Å². The fourth-order valence-electron chi connectivity index (χ4n) is 3.23. The zero-order valence-corrected chi connectivity index (χ0v) is 15.7. The van der Waals surface area contributed by atoms with Gasteiger partial charge in [-0.2, -0.15) is 13.2 Å². The number of amides is 4. The van der Waals surface area contributed by atoms with Gasteiger partial charge in [0.2, 0.25) is 5.91 Å². The number of nitrogens with one attached hydrogen (secondary N) is 2. The summed E-state index contributed by atoms with van der Waals surface area (Å²) >= 11 is 0. The second-order valence-corrected chi connectivity index (χ2v) is 6.71. The quantitative estimate of drug-likeness (QED) is 0.569. The molecule has 10 heteroatoms. The summed E-state index contributed by atoms with van der Waals surface area (Å²) in [5.41, 5.74) is -1.85. The second kappa shape index (κ2) is 7.77. The minimum absolute atomic E-state index is 0.0837. The van der Waals surface area contributed by atoms with Gasteiger partial charge in [0.25, 0.3) is 5.91 Å². The number of rotatable bonds is 5. The highest BCUT2D eigenvalue weighted by atomic mass is 19.4. The molecule has 0 bridgehead atoms. The van der Waals surface area contributed by atoms with Crippen LogP contribution in [0.3, 0.4) is 0 Å². The van der Waals surface area contributed by atoms with Gasteiger partial charge in [-0.3, -0.25) is 14.5 Å². The third kappa shape index (κ3) is 3.98. The largest absolute Gasteiger partial charge is 0.416 e. The Kier molecular flexibility index (Phi) is 5.51. The van der Waals surface area contributed by atoms with Crippen LogP contribution in [0.15, 0.2) is 48.5 Å². The number of hydrogen-bond acceptors (Lipinski definition) is 3. The zero-order chi connectivity index (χ0) is 22.1. The minimum atomic E-state index is -4.51. The van der Waals surface area contributed by atoms with Crippen molar-refractivity contribution in [1.29, 1.82) is 0 Å². The number of nitrogens with zero attached hydrogens (tertiary/aromatic N) is 1. The van der Waals surface area contributed by atoms with Crippen LogP contribution in [-0.4, -0.2) is 29.3 Å². The summed E-state index contributed by atoms with van der Waals surface area (Å²) < 4.78 is 51.1. The van der Waals surface area contributed by atoms with E-state index in [0.29, 0.717) is 10.5 Å². The van der Waals surface area contributed by atoms with Crippen molar-refractivity contribution in [2.45, 2.75) is 25.1 Å². The molecule has 2 N–H and O–H groups in total. The molecule has 6 nitrogen and oxygen atoms in total. The summed E-state index contributed by atoms with van der Waals surface area (Å²) in [6, 6.07) is 8.03. The summed E-state index contributed by atoms with van der Waals surface area (Å²) in [7, 11) is 0. The van der Waals surface area contributed by atoms with Gasteiger partial charge in [-0.25, -0.2) is 9.18 Å². The van der Waals surface area contributed by atoms with Gasteiger partial charge in [0.15, 0.2) is 0 Å². The molecule has 0 spiro atoms. The predicted octanol–water partition coefficient (Wildman–Crippen LogP) is 3.64. The van der Waals surface area contributed by atoms with Crippen molar-refractivity contribution in [3.05, 3.63) is 65.5 Å². The lowest BCUT2D eigenvalue weighted by Crippen LogP contribution is -2.44. The molecule has 2 aromatic rings. The van der Waals surface area contributed by atoms with E-state index < -0.39 is 47.5 Å². The van der Waals surface area contributed by atoms with Crippen LogP contribution in [0.2, 0.25) is 0 Å². The Hall–Kier alpha value is -3.43. The van der Waals surface area contributed by atoms with E-state index >= 15 is 0 Å². The van der Waals surface area contributed by atoms with Crippen molar-refractivity contribution < 1.29 is 31.9 Å².